The Morgan fingerprint density at radius 3 is 0.858 bits per heavy atom. The number of hydrogen-bond acceptors (Lipinski definition) is 15. The third-order valence-corrected chi connectivity index (χ3v) is 17.8. The lowest BCUT2D eigenvalue weighted by Crippen LogP contribution is -2.30. The van der Waals surface area contributed by atoms with Gasteiger partial charge in [-0.25, -0.2) is 9.13 Å². The molecule has 600 valence electrons. The number of allylic oxidation sites excluding steroid dienone is 30. The maximum Gasteiger partial charge on any atom is 0.472 e. The first kappa shape index (κ1) is 100. The zero-order chi connectivity index (χ0) is 77.4. The molecule has 0 aromatic rings. The predicted molar refractivity (Wildman–Crippen MR) is 436 cm³/mol. The molecule has 0 aliphatic heterocycles. The van der Waals surface area contributed by atoms with Crippen LogP contribution >= 0.6 is 15.6 Å². The van der Waals surface area contributed by atoms with Gasteiger partial charge in [-0.2, -0.15) is 0 Å². The summed E-state index contributed by atoms with van der Waals surface area (Å²) in [5, 5.41) is 10.6. The molecule has 0 spiro atoms. The molecule has 0 saturated carbocycles. The Morgan fingerprint density at radius 1 is 0.274 bits per heavy atom. The van der Waals surface area contributed by atoms with E-state index in [2.05, 4.69) is 174 Å². The molecular weight excluding hydrogens is 1380 g/mol. The van der Waals surface area contributed by atoms with Gasteiger partial charge in [-0.15, -0.1) is 0 Å². The fourth-order valence-electron chi connectivity index (χ4n) is 9.82. The van der Waals surface area contributed by atoms with E-state index in [1.54, 1.807) is 0 Å². The summed E-state index contributed by atoms with van der Waals surface area (Å²) in [6.45, 7) is 4.38. The fraction of sp³-hybridized carbons (Fsp3) is 0.609. The molecule has 0 heterocycles. The smallest absolute Gasteiger partial charge is 0.462 e. The summed E-state index contributed by atoms with van der Waals surface area (Å²) >= 11 is 0. The first-order valence-corrected chi connectivity index (χ1v) is 43.0. The molecule has 19 heteroatoms. The lowest BCUT2D eigenvalue weighted by Gasteiger charge is -2.21. The summed E-state index contributed by atoms with van der Waals surface area (Å²) in [5.41, 5.74) is 0. The van der Waals surface area contributed by atoms with E-state index >= 15 is 0 Å². The number of phosphoric acid groups is 2. The van der Waals surface area contributed by atoms with Crippen LogP contribution in [0.1, 0.15) is 285 Å². The van der Waals surface area contributed by atoms with Crippen molar-refractivity contribution < 1.29 is 80.2 Å². The van der Waals surface area contributed by atoms with Crippen molar-refractivity contribution in [3.8, 4) is 0 Å². The molecule has 0 radical (unpaired) electrons. The highest BCUT2D eigenvalue weighted by molar-refractivity contribution is 7.47. The van der Waals surface area contributed by atoms with Gasteiger partial charge < -0.3 is 33.8 Å². The second-order valence-electron chi connectivity index (χ2n) is 25.9. The van der Waals surface area contributed by atoms with Crippen LogP contribution in [0.25, 0.3) is 0 Å². The second kappa shape index (κ2) is 77.3. The summed E-state index contributed by atoms with van der Waals surface area (Å²) in [7, 11) is -10.0. The molecule has 17 nitrogen and oxygen atoms in total. The maximum absolute atomic E-state index is 13.1. The van der Waals surface area contributed by atoms with Crippen LogP contribution in [-0.2, 0) is 65.4 Å². The number of unbranched alkanes of at least 4 members (excludes halogenated alkanes) is 17. The van der Waals surface area contributed by atoms with E-state index in [1.807, 2.05) is 36.5 Å². The molecule has 0 rings (SSSR count). The number of hydrogen-bond donors (Lipinski definition) is 3. The van der Waals surface area contributed by atoms with E-state index in [4.69, 9.17) is 37.0 Å². The maximum atomic E-state index is 13.1. The molecule has 0 aromatic heterocycles. The van der Waals surface area contributed by atoms with Crippen molar-refractivity contribution in [2.45, 2.75) is 303 Å². The zero-order valence-corrected chi connectivity index (χ0v) is 67.3. The highest BCUT2D eigenvalue weighted by Crippen LogP contribution is 2.45. The van der Waals surface area contributed by atoms with E-state index in [9.17, 15) is 43.2 Å². The Hall–Kier alpha value is -5.84. The number of aliphatic hydroxyl groups excluding tert-OH is 1. The standard InChI is InChI=1S/C87H140O17P2/c1-5-9-13-17-21-25-29-33-36-38-40-42-45-48-52-56-60-64-68-72-85(90)98-78-83(103-86(91)73-69-65-61-57-53-49-44-35-31-27-23-19-15-11-7-3)80-102-106(95,96)100-76-81(88)75-99-105(93,94)101-79-82(77-97-84(89)71-67-63-59-55-51-47-32-28-24-20-16-12-8-4)104-87(92)74-70-66-62-58-54-50-46-43-41-39-37-34-30-26-22-18-14-10-6-2/h9-10,13-14,21-23,25-28,32-37,40-44,48,50,52,54,60,62,64,66,81-83,88H,5-8,11-12,15-20,24,29-31,38-39,45-47,49,51,53,55-59,61,63,65,67-80H2,1-4H3,(H,93,94)(H,95,96)/b13-9-,14-10-,25-21-,26-22-,27-23-,32-28-,36-33-,37-34-,42-40-,43-41-,44-35-,52-48-,54-50-,64-60-,66-62-/t81-,82+,83+/m0/s1. The minimum Gasteiger partial charge on any atom is -0.462 e. The number of carbonyl (C=O) groups is 4. The van der Waals surface area contributed by atoms with Gasteiger partial charge in [0, 0.05) is 25.7 Å². The van der Waals surface area contributed by atoms with E-state index in [0.717, 1.165) is 148 Å². The Bertz CT molecular complexity index is 2730. The highest BCUT2D eigenvalue weighted by atomic mass is 31.2. The molecule has 0 amide bonds. The Balaban J connectivity index is 5.53. The van der Waals surface area contributed by atoms with Crippen molar-refractivity contribution in [2.75, 3.05) is 39.6 Å². The van der Waals surface area contributed by atoms with Crippen LogP contribution in [0.2, 0.25) is 0 Å². The van der Waals surface area contributed by atoms with Crippen LogP contribution in [0.5, 0.6) is 0 Å². The molecule has 0 saturated heterocycles. The monoisotopic (exact) mass is 1520 g/mol. The van der Waals surface area contributed by atoms with Crippen molar-refractivity contribution in [3.63, 3.8) is 0 Å². The lowest BCUT2D eigenvalue weighted by molar-refractivity contribution is -0.161. The minimum atomic E-state index is -5.01. The Morgan fingerprint density at radius 2 is 0.509 bits per heavy atom. The first-order chi connectivity index (χ1) is 51.7. The number of ether oxygens (including phenoxy) is 4. The van der Waals surface area contributed by atoms with Gasteiger partial charge in [-0.1, -0.05) is 281 Å². The van der Waals surface area contributed by atoms with Crippen molar-refractivity contribution >= 4 is 39.5 Å². The van der Waals surface area contributed by atoms with Crippen LogP contribution in [0.4, 0.5) is 0 Å². The topological polar surface area (TPSA) is 237 Å². The third kappa shape index (κ3) is 76.4. The normalized spacial score (nSPS) is 14.8. The predicted octanol–water partition coefficient (Wildman–Crippen LogP) is 23.6. The Kier molecular flexibility index (Phi) is 73.1. The SMILES string of the molecule is CC/C=C\C/C=C\C/C=C\C/C=C\C/C=C\C/C=C\CCC(=O)OC[C@H](COP(=O)(O)OC[C@@H](O)COP(=O)(O)OC[C@@H](COC(=O)CCCCCCC/C=C\CCCCCC)OC(=O)CC/C=C\C/C=C\C/C=C\C/C=C\C/C=C\C/C=C\CC)OC(=O)CCCCCCC/C=C\C/C=C\CCCCC. The molecule has 0 aliphatic carbocycles. The van der Waals surface area contributed by atoms with Gasteiger partial charge in [0.2, 0.25) is 0 Å². The first-order valence-electron chi connectivity index (χ1n) is 40.0. The largest absolute Gasteiger partial charge is 0.472 e. The van der Waals surface area contributed by atoms with Crippen LogP contribution in [0, 0.1) is 0 Å². The van der Waals surface area contributed by atoms with Crippen LogP contribution < -0.4 is 0 Å². The molecular formula is C87H140O17P2. The van der Waals surface area contributed by atoms with Gasteiger partial charge in [0.25, 0.3) is 0 Å². The second-order valence-corrected chi connectivity index (χ2v) is 28.8. The molecule has 2 unspecified atom stereocenters. The minimum absolute atomic E-state index is 0.0249. The average Bonchev–Trinajstić information content (AvgIpc) is 0.902. The number of carbonyl (C=O) groups excluding carboxylic acids is 4. The van der Waals surface area contributed by atoms with E-state index < -0.39 is 97.5 Å². The summed E-state index contributed by atoms with van der Waals surface area (Å²) in [6.07, 6.45) is 93.3. The van der Waals surface area contributed by atoms with E-state index in [0.29, 0.717) is 38.5 Å². The van der Waals surface area contributed by atoms with Gasteiger partial charge >= 0.3 is 39.5 Å². The quantitative estimate of drug-likeness (QED) is 0.0169. The van der Waals surface area contributed by atoms with Crippen molar-refractivity contribution in [2.24, 2.45) is 0 Å². The van der Waals surface area contributed by atoms with Gasteiger partial charge in [-0.3, -0.25) is 37.3 Å². The molecule has 0 fully saturated rings. The highest BCUT2D eigenvalue weighted by Gasteiger charge is 2.30. The summed E-state index contributed by atoms with van der Waals surface area (Å²) in [5.74, 6) is -2.41. The summed E-state index contributed by atoms with van der Waals surface area (Å²) in [4.78, 5) is 73.0. The van der Waals surface area contributed by atoms with E-state index in [-0.39, 0.29) is 25.7 Å². The molecule has 3 N–H and O–H groups in total. The van der Waals surface area contributed by atoms with Gasteiger partial charge in [0.1, 0.15) is 19.3 Å². The van der Waals surface area contributed by atoms with E-state index in [1.165, 1.54) is 44.9 Å². The summed E-state index contributed by atoms with van der Waals surface area (Å²) in [6, 6.07) is 0. The average molecular weight is 1520 g/mol. The summed E-state index contributed by atoms with van der Waals surface area (Å²) < 4.78 is 68.4. The molecule has 0 aliphatic rings. The third-order valence-electron chi connectivity index (χ3n) is 15.9. The van der Waals surface area contributed by atoms with Crippen molar-refractivity contribution in [3.05, 3.63) is 182 Å². The number of phosphoric ester groups is 2. The number of esters is 4. The molecule has 0 aromatic carbocycles. The number of rotatable bonds is 73. The van der Waals surface area contributed by atoms with Gasteiger partial charge in [0.05, 0.1) is 26.4 Å². The number of aliphatic hydroxyl groups is 1. The lowest BCUT2D eigenvalue weighted by atomic mass is 10.1. The van der Waals surface area contributed by atoms with Gasteiger partial charge in [-0.05, 0) is 161 Å². The molecule has 106 heavy (non-hydrogen) atoms. The van der Waals surface area contributed by atoms with Crippen molar-refractivity contribution in [1.82, 2.24) is 0 Å². The van der Waals surface area contributed by atoms with Crippen molar-refractivity contribution in [1.29, 1.82) is 0 Å². The molecule has 0 bridgehead atoms. The Labute approximate surface area is 641 Å². The van der Waals surface area contributed by atoms with Gasteiger partial charge in [0.15, 0.2) is 12.2 Å². The zero-order valence-electron chi connectivity index (χ0n) is 65.5. The van der Waals surface area contributed by atoms with Crippen LogP contribution in [0.15, 0.2) is 182 Å². The molecule has 5 atom stereocenters. The van der Waals surface area contributed by atoms with Crippen LogP contribution in [-0.4, -0.2) is 96.7 Å². The fourth-order valence-corrected chi connectivity index (χ4v) is 11.4. The van der Waals surface area contributed by atoms with Crippen LogP contribution in [0.3, 0.4) is 0 Å².